The highest BCUT2D eigenvalue weighted by molar-refractivity contribution is 6.31. The van der Waals surface area contributed by atoms with Crippen molar-refractivity contribution in [3.05, 3.63) is 64.2 Å². The lowest BCUT2D eigenvalue weighted by Crippen LogP contribution is -2.16. The Labute approximate surface area is 146 Å². The zero-order chi connectivity index (χ0) is 17.7. The van der Waals surface area contributed by atoms with E-state index in [1.165, 1.54) is 17.7 Å². The average Bonchev–Trinajstić information content (AvgIpc) is 2.59. The summed E-state index contributed by atoms with van der Waals surface area (Å²) in [5.41, 5.74) is 7.22. The minimum Gasteiger partial charge on any atom is -0.485 e. The van der Waals surface area contributed by atoms with Crippen molar-refractivity contribution in [2.45, 2.75) is 26.2 Å². The lowest BCUT2D eigenvalue weighted by atomic mass is 9.97. The quantitative estimate of drug-likeness (QED) is 0.764. The van der Waals surface area contributed by atoms with Crippen LogP contribution in [0, 0.1) is 0 Å². The summed E-state index contributed by atoms with van der Waals surface area (Å²) in [6, 6.07) is 12.0. The molecule has 1 atom stereocenters. The molecule has 24 heavy (non-hydrogen) atoms. The number of nitrogens with two attached hydrogens (primary N) is 1. The van der Waals surface area contributed by atoms with Crippen LogP contribution in [0.25, 0.3) is 0 Å². The topological polar surface area (TPSA) is 69.4 Å². The Morgan fingerprint density at radius 1 is 1.17 bits per heavy atom. The van der Waals surface area contributed by atoms with E-state index in [-0.39, 0.29) is 23.7 Å². The third-order valence-corrected chi connectivity index (χ3v) is 4.21. The summed E-state index contributed by atoms with van der Waals surface area (Å²) in [5, 5.41) is 0.378. The average molecular weight is 346 g/mol. The summed E-state index contributed by atoms with van der Waals surface area (Å²) < 4.78 is 5.46. The van der Waals surface area contributed by atoms with E-state index in [1.807, 2.05) is 12.1 Å². The maximum absolute atomic E-state index is 12.2. The van der Waals surface area contributed by atoms with Gasteiger partial charge in [0.05, 0.1) is 5.56 Å². The molecule has 2 rings (SSSR count). The van der Waals surface area contributed by atoms with Crippen molar-refractivity contribution in [3.8, 4) is 5.75 Å². The van der Waals surface area contributed by atoms with E-state index >= 15 is 0 Å². The van der Waals surface area contributed by atoms with E-state index in [2.05, 4.69) is 13.8 Å². The van der Waals surface area contributed by atoms with Gasteiger partial charge in [0.15, 0.2) is 12.4 Å². The minimum atomic E-state index is -0.655. The number of ether oxygens (including phenoxy) is 1. The van der Waals surface area contributed by atoms with Crippen molar-refractivity contribution in [2.75, 3.05) is 6.61 Å². The van der Waals surface area contributed by atoms with Crippen molar-refractivity contribution in [1.82, 2.24) is 0 Å². The molecule has 2 N–H and O–H groups in total. The number of benzene rings is 2. The maximum Gasteiger partial charge on any atom is 0.252 e. The molecule has 0 aromatic heterocycles. The summed E-state index contributed by atoms with van der Waals surface area (Å²) in [7, 11) is 0. The fraction of sp³-hybridized carbons (Fsp3) is 0.263. The Bertz CT molecular complexity index is 741. The van der Waals surface area contributed by atoms with E-state index in [0.717, 1.165) is 6.42 Å². The first-order valence-corrected chi connectivity index (χ1v) is 8.15. The van der Waals surface area contributed by atoms with Crippen LogP contribution in [-0.4, -0.2) is 18.3 Å². The van der Waals surface area contributed by atoms with Crippen LogP contribution in [0.3, 0.4) is 0 Å². The molecule has 0 fully saturated rings. The molecule has 0 spiro atoms. The van der Waals surface area contributed by atoms with Gasteiger partial charge < -0.3 is 10.5 Å². The van der Waals surface area contributed by atoms with Gasteiger partial charge in [0, 0.05) is 10.6 Å². The van der Waals surface area contributed by atoms with Crippen molar-refractivity contribution in [1.29, 1.82) is 0 Å². The van der Waals surface area contributed by atoms with Crippen LogP contribution in [0.2, 0.25) is 5.02 Å². The first kappa shape index (κ1) is 18.0. The summed E-state index contributed by atoms with van der Waals surface area (Å²) in [5.74, 6) is -0.122. The maximum atomic E-state index is 12.2. The summed E-state index contributed by atoms with van der Waals surface area (Å²) >= 11 is 5.84. The predicted molar refractivity (Wildman–Crippen MR) is 94.9 cm³/mol. The van der Waals surface area contributed by atoms with Gasteiger partial charge in [-0.1, -0.05) is 49.7 Å². The monoisotopic (exact) mass is 345 g/mol. The molecular weight excluding hydrogens is 326 g/mol. The Hall–Kier alpha value is -2.33. The molecule has 2 aromatic rings. The van der Waals surface area contributed by atoms with Crippen molar-refractivity contribution in [3.63, 3.8) is 0 Å². The van der Waals surface area contributed by atoms with Gasteiger partial charge in [-0.25, -0.2) is 0 Å². The Balaban J connectivity index is 2.07. The van der Waals surface area contributed by atoms with Crippen LogP contribution in [0.1, 0.15) is 52.5 Å². The molecule has 126 valence electrons. The van der Waals surface area contributed by atoms with Crippen LogP contribution < -0.4 is 10.5 Å². The minimum absolute atomic E-state index is 0.155. The van der Waals surface area contributed by atoms with Gasteiger partial charge in [-0.3, -0.25) is 9.59 Å². The van der Waals surface area contributed by atoms with Gasteiger partial charge in [0.25, 0.3) is 5.91 Å². The standard InChI is InChI=1S/C19H20ClNO3/c1-3-12(2)13-4-6-14(7-5-13)17(22)11-24-18-9-8-15(20)10-16(18)19(21)23/h4-10,12H,3,11H2,1-2H3,(H2,21,23). The number of carbonyl (C=O) groups is 2. The molecule has 0 heterocycles. The number of hydrogen-bond donors (Lipinski definition) is 1. The number of hydrogen-bond acceptors (Lipinski definition) is 3. The normalized spacial score (nSPS) is 11.8. The fourth-order valence-corrected chi connectivity index (χ4v) is 2.45. The van der Waals surface area contributed by atoms with E-state index < -0.39 is 5.91 Å². The Morgan fingerprint density at radius 2 is 1.83 bits per heavy atom. The molecule has 0 saturated heterocycles. The highest BCUT2D eigenvalue weighted by atomic mass is 35.5. The van der Waals surface area contributed by atoms with Crippen LogP contribution in [-0.2, 0) is 0 Å². The van der Waals surface area contributed by atoms with Crippen molar-refractivity contribution in [2.24, 2.45) is 5.73 Å². The SMILES string of the molecule is CCC(C)c1ccc(C(=O)COc2ccc(Cl)cc2C(N)=O)cc1. The second-order valence-corrected chi connectivity index (χ2v) is 6.08. The highest BCUT2D eigenvalue weighted by Gasteiger charge is 2.13. The predicted octanol–water partition coefficient (Wildman–Crippen LogP) is 4.21. The first-order valence-electron chi connectivity index (χ1n) is 7.77. The largest absolute Gasteiger partial charge is 0.485 e. The number of halogens is 1. The molecule has 0 aliphatic carbocycles. The number of ketones is 1. The molecule has 0 aliphatic rings. The van der Waals surface area contributed by atoms with Gasteiger partial charge in [-0.05, 0) is 36.1 Å². The first-order chi connectivity index (χ1) is 11.4. The number of amides is 1. The lowest BCUT2D eigenvalue weighted by molar-refractivity contribution is 0.0912. The molecule has 0 bridgehead atoms. The molecule has 0 aliphatic heterocycles. The third kappa shape index (κ3) is 4.36. The smallest absolute Gasteiger partial charge is 0.252 e. The van der Waals surface area contributed by atoms with Crippen LogP contribution in [0.5, 0.6) is 5.75 Å². The third-order valence-electron chi connectivity index (χ3n) is 3.98. The molecule has 1 amide bonds. The van der Waals surface area contributed by atoms with Crippen LogP contribution in [0.15, 0.2) is 42.5 Å². The molecule has 5 heteroatoms. The fourth-order valence-electron chi connectivity index (χ4n) is 2.28. The highest BCUT2D eigenvalue weighted by Crippen LogP contribution is 2.23. The van der Waals surface area contributed by atoms with Crippen molar-refractivity contribution < 1.29 is 14.3 Å². The zero-order valence-electron chi connectivity index (χ0n) is 13.7. The number of Topliss-reactive ketones (excluding diaryl/α,β-unsaturated/α-hetero) is 1. The van der Waals surface area contributed by atoms with E-state index in [4.69, 9.17) is 22.1 Å². The molecule has 0 saturated carbocycles. The van der Waals surface area contributed by atoms with Gasteiger partial charge >= 0.3 is 0 Å². The molecule has 2 aromatic carbocycles. The van der Waals surface area contributed by atoms with Gasteiger partial charge in [-0.2, -0.15) is 0 Å². The molecule has 1 unspecified atom stereocenters. The second kappa shape index (κ2) is 7.97. The molecule has 4 nitrogen and oxygen atoms in total. The van der Waals surface area contributed by atoms with E-state index in [1.54, 1.807) is 18.2 Å². The zero-order valence-corrected chi connectivity index (χ0v) is 14.5. The van der Waals surface area contributed by atoms with Gasteiger partial charge in [0.2, 0.25) is 0 Å². The molecular formula is C19H20ClNO3. The lowest BCUT2D eigenvalue weighted by Gasteiger charge is -2.11. The van der Waals surface area contributed by atoms with Crippen LogP contribution >= 0.6 is 11.6 Å². The summed E-state index contributed by atoms with van der Waals surface area (Å²) in [6.45, 7) is 4.09. The number of primary amides is 1. The van der Waals surface area contributed by atoms with Gasteiger partial charge in [0.1, 0.15) is 5.75 Å². The van der Waals surface area contributed by atoms with Gasteiger partial charge in [-0.15, -0.1) is 0 Å². The number of carbonyl (C=O) groups excluding carboxylic acids is 2. The molecule has 0 radical (unpaired) electrons. The summed E-state index contributed by atoms with van der Waals surface area (Å²) in [4.78, 5) is 23.7. The van der Waals surface area contributed by atoms with E-state index in [0.29, 0.717) is 16.5 Å². The Morgan fingerprint density at radius 3 is 2.42 bits per heavy atom. The second-order valence-electron chi connectivity index (χ2n) is 5.65. The summed E-state index contributed by atoms with van der Waals surface area (Å²) in [6.07, 6.45) is 1.04. The van der Waals surface area contributed by atoms with Crippen molar-refractivity contribution >= 4 is 23.3 Å². The van der Waals surface area contributed by atoms with E-state index in [9.17, 15) is 9.59 Å². The number of rotatable bonds is 7. The Kier molecular flexibility index (Phi) is 5.99. The van der Waals surface area contributed by atoms with Crippen LogP contribution in [0.4, 0.5) is 0 Å².